The fourth-order valence-electron chi connectivity index (χ4n) is 3.21. The smallest absolute Gasteiger partial charge is 0.165 e. The van der Waals surface area contributed by atoms with Crippen LogP contribution in [0.4, 0.5) is 0 Å². The molecule has 1 aliphatic heterocycles. The van der Waals surface area contributed by atoms with Gasteiger partial charge in [0.05, 0.1) is 18.2 Å². The van der Waals surface area contributed by atoms with Crippen LogP contribution >= 0.6 is 0 Å². The molecule has 0 unspecified atom stereocenters. The van der Waals surface area contributed by atoms with E-state index in [1.807, 2.05) is 16.8 Å². The van der Waals surface area contributed by atoms with E-state index in [-0.39, 0.29) is 0 Å². The zero-order chi connectivity index (χ0) is 17.5. The second-order valence-electron chi connectivity index (χ2n) is 6.53. The van der Waals surface area contributed by atoms with Gasteiger partial charge in [-0.3, -0.25) is 9.80 Å². The number of nitriles is 1. The maximum Gasteiger partial charge on any atom is 0.165 e. The minimum atomic E-state index is 0.718. The third-order valence-corrected chi connectivity index (χ3v) is 4.58. The Hall–Kier alpha value is -2.30. The summed E-state index contributed by atoms with van der Waals surface area (Å²) in [6, 6.07) is 10.1. The second kappa shape index (κ2) is 8.70. The van der Waals surface area contributed by atoms with E-state index in [2.05, 4.69) is 50.5 Å². The molecule has 0 bridgehead atoms. The third-order valence-electron chi connectivity index (χ3n) is 4.58. The van der Waals surface area contributed by atoms with Crippen LogP contribution in [0.5, 0.6) is 0 Å². The van der Waals surface area contributed by atoms with Crippen LogP contribution in [0.15, 0.2) is 24.3 Å². The zero-order valence-corrected chi connectivity index (χ0v) is 14.8. The monoisotopic (exact) mass is 339 g/mol. The normalized spacial score (nSPS) is 16.5. The molecular weight excluding hydrogens is 314 g/mol. The Labute approximate surface area is 148 Å². The molecule has 1 fully saturated rings. The van der Waals surface area contributed by atoms with Crippen LogP contribution < -0.4 is 0 Å². The summed E-state index contributed by atoms with van der Waals surface area (Å²) in [6.07, 6.45) is 2.18. The van der Waals surface area contributed by atoms with E-state index in [4.69, 9.17) is 5.26 Å². The summed E-state index contributed by atoms with van der Waals surface area (Å²) in [5.74, 6) is 0.961. The van der Waals surface area contributed by atoms with Crippen LogP contribution in [0.1, 0.15) is 36.7 Å². The molecule has 7 nitrogen and oxygen atoms in total. The number of hydrogen-bond donors (Lipinski definition) is 0. The van der Waals surface area contributed by atoms with Crippen molar-refractivity contribution in [2.45, 2.75) is 39.4 Å². The molecule has 0 atom stereocenters. The lowest BCUT2D eigenvalue weighted by Gasteiger charge is -2.21. The topological polar surface area (TPSA) is 73.9 Å². The van der Waals surface area contributed by atoms with Crippen molar-refractivity contribution in [3.8, 4) is 6.07 Å². The number of aryl methyl sites for hydroxylation is 1. The first-order valence-electron chi connectivity index (χ1n) is 8.97. The molecule has 2 heterocycles. The van der Waals surface area contributed by atoms with Crippen LogP contribution in [0, 0.1) is 11.3 Å². The number of aromatic nitrogens is 4. The van der Waals surface area contributed by atoms with Crippen molar-refractivity contribution in [2.24, 2.45) is 0 Å². The molecule has 2 aromatic rings. The second-order valence-corrected chi connectivity index (χ2v) is 6.53. The van der Waals surface area contributed by atoms with Gasteiger partial charge >= 0.3 is 0 Å². The quantitative estimate of drug-likeness (QED) is 0.797. The van der Waals surface area contributed by atoms with E-state index < -0.39 is 0 Å². The van der Waals surface area contributed by atoms with Gasteiger partial charge in [0, 0.05) is 26.2 Å². The van der Waals surface area contributed by atoms with Gasteiger partial charge in [0.25, 0.3) is 0 Å². The maximum absolute atomic E-state index is 8.89. The summed E-state index contributed by atoms with van der Waals surface area (Å²) in [4.78, 5) is 4.92. The molecule has 0 spiro atoms. The van der Waals surface area contributed by atoms with Gasteiger partial charge in [-0.15, -0.1) is 5.10 Å². The van der Waals surface area contributed by atoms with Crippen LogP contribution in [0.2, 0.25) is 0 Å². The summed E-state index contributed by atoms with van der Waals surface area (Å²) in [5.41, 5.74) is 1.98. The van der Waals surface area contributed by atoms with Gasteiger partial charge in [-0.25, -0.2) is 4.68 Å². The molecule has 3 rings (SSSR count). The molecule has 1 aromatic heterocycles. The van der Waals surface area contributed by atoms with Gasteiger partial charge < -0.3 is 0 Å². The van der Waals surface area contributed by atoms with Crippen LogP contribution in [0.25, 0.3) is 0 Å². The molecule has 1 aliphatic rings. The van der Waals surface area contributed by atoms with Crippen molar-refractivity contribution in [1.29, 1.82) is 5.26 Å². The largest absolute Gasteiger partial charge is 0.298 e. The highest BCUT2D eigenvalue weighted by Crippen LogP contribution is 2.12. The van der Waals surface area contributed by atoms with E-state index in [1.54, 1.807) is 0 Å². The molecule has 7 heteroatoms. The summed E-state index contributed by atoms with van der Waals surface area (Å²) < 4.78 is 1.92. The first kappa shape index (κ1) is 17.5. The molecule has 1 aromatic carbocycles. The predicted molar refractivity (Wildman–Crippen MR) is 94.4 cm³/mol. The van der Waals surface area contributed by atoms with Crippen molar-refractivity contribution >= 4 is 0 Å². The van der Waals surface area contributed by atoms with E-state index in [0.717, 1.165) is 70.0 Å². The Morgan fingerprint density at radius 1 is 1.04 bits per heavy atom. The summed E-state index contributed by atoms with van der Waals surface area (Å²) in [5, 5.41) is 21.0. The van der Waals surface area contributed by atoms with Gasteiger partial charge in [-0.1, -0.05) is 19.1 Å². The van der Waals surface area contributed by atoms with Crippen LogP contribution in [0.3, 0.4) is 0 Å². The van der Waals surface area contributed by atoms with Gasteiger partial charge in [0.15, 0.2) is 5.82 Å². The average molecular weight is 339 g/mol. The van der Waals surface area contributed by atoms with Crippen molar-refractivity contribution in [1.82, 2.24) is 30.0 Å². The Morgan fingerprint density at radius 2 is 1.76 bits per heavy atom. The fourth-order valence-corrected chi connectivity index (χ4v) is 3.21. The van der Waals surface area contributed by atoms with E-state index >= 15 is 0 Å². The van der Waals surface area contributed by atoms with Crippen molar-refractivity contribution < 1.29 is 0 Å². The number of benzene rings is 1. The molecular formula is C18H25N7. The van der Waals surface area contributed by atoms with Gasteiger partial charge in [0.1, 0.15) is 0 Å². The number of hydrogen-bond acceptors (Lipinski definition) is 6. The molecule has 0 aliphatic carbocycles. The van der Waals surface area contributed by atoms with Crippen LogP contribution in [-0.4, -0.2) is 56.2 Å². The number of rotatable bonds is 6. The highest BCUT2D eigenvalue weighted by Gasteiger charge is 2.17. The standard InChI is InChI=1S/C18H25N7/c1-2-8-25-18(20-21-22-25)15-24-10-3-9-23(11-12-24)14-17-6-4-16(13-19)5-7-17/h4-7H,2-3,8-12,14-15H2,1H3. The molecule has 1 saturated heterocycles. The Balaban J connectivity index is 1.53. The lowest BCUT2D eigenvalue weighted by Crippen LogP contribution is -2.31. The number of tetrazole rings is 1. The van der Waals surface area contributed by atoms with E-state index in [0.29, 0.717) is 0 Å². The van der Waals surface area contributed by atoms with E-state index in [1.165, 1.54) is 5.56 Å². The van der Waals surface area contributed by atoms with Gasteiger partial charge in [0.2, 0.25) is 0 Å². The Morgan fingerprint density at radius 3 is 2.44 bits per heavy atom. The first-order chi connectivity index (χ1) is 12.3. The molecule has 0 N–H and O–H groups in total. The first-order valence-corrected chi connectivity index (χ1v) is 8.97. The highest BCUT2D eigenvalue weighted by molar-refractivity contribution is 5.31. The molecule has 132 valence electrons. The molecule has 25 heavy (non-hydrogen) atoms. The molecule has 0 saturated carbocycles. The minimum absolute atomic E-state index is 0.718. The summed E-state index contributed by atoms with van der Waals surface area (Å²) >= 11 is 0. The minimum Gasteiger partial charge on any atom is -0.298 e. The molecule has 0 amide bonds. The van der Waals surface area contributed by atoms with Crippen molar-refractivity contribution in [3.63, 3.8) is 0 Å². The number of nitrogens with zero attached hydrogens (tertiary/aromatic N) is 7. The third kappa shape index (κ3) is 4.84. The van der Waals surface area contributed by atoms with Gasteiger partial charge in [-0.05, 0) is 54.1 Å². The highest BCUT2D eigenvalue weighted by atomic mass is 15.5. The lowest BCUT2D eigenvalue weighted by molar-refractivity contribution is 0.240. The summed E-state index contributed by atoms with van der Waals surface area (Å²) in [7, 11) is 0. The van der Waals surface area contributed by atoms with Gasteiger partial charge in [-0.2, -0.15) is 5.26 Å². The summed E-state index contributed by atoms with van der Waals surface area (Å²) in [6.45, 7) is 8.99. The molecule has 0 radical (unpaired) electrons. The maximum atomic E-state index is 8.89. The Kier molecular flexibility index (Phi) is 6.09. The van der Waals surface area contributed by atoms with E-state index in [9.17, 15) is 0 Å². The predicted octanol–water partition coefficient (Wildman–Crippen LogP) is 1.66. The zero-order valence-electron chi connectivity index (χ0n) is 14.8. The lowest BCUT2D eigenvalue weighted by atomic mass is 10.1. The fraction of sp³-hybridized carbons (Fsp3) is 0.556. The van der Waals surface area contributed by atoms with Crippen LogP contribution in [-0.2, 0) is 19.6 Å². The Bertz CT molecular complexity index is 701. The average Bonchev–Trinajstić information content (AvgIpc) is 2.94. The van der Waals surface area contributed by atoms with Crippen molar-refractivity contribution in [3.05, 3.63) is 41.2 Å². The SMILES string of the molecule is CCCn1nnnc1CN1CCCN(Cc2ccc(C#N)cc2)CC1. The van der Waals surface area contributed by atoms with Crippen molar-refractivity contribution in [2.75, 3.05) is 26.2 Å².